The van der Waals surface area contributed by atoms with E-state index in [0.29, 0.717) is 5.39 Å². The maximum Gasteiger partial charge on any atom is 0.587 e. The lowest BCUT2D eigenvalue weighted by molar-refractivity contribution is 0.0683. The minimum atomic E-state index is -4.59. The molecule has 23 heavy (non-hydrogen) atoms. The van der Waals surface area contributed by atoms with E-state index in [1.807, 2.05) is 18.2 Å². The molecule has 0 spiro atoms. The van der Waals surface area contributed by atoms with E-state index in [9.17, 15) is 14.3 Å². The quantitative estimate of drug-likeness (QED) is 0.728. The van der Waals surface area contributed by atoms with E-state index >= 15 is 0 Å². The molecule has 1 atom stereocenters. The summed E-state index contributed by atoms with van der Waals surface area (Å²) in [5.41, 5.74) is 0.170. The molecule has 0 aliphatic heterocycles. The number of carbonyl (C=O) groups is 1. The van der Waals surface area contributed by atoms with Crippen LogP contribution in [0, 0.1) is 0 Å². The number of hydrogen-bond donors (Lipinski definition) is 1. The highest BCUT2D eigenvalue weighted by Gasteiger charge is 2.29. The number of rotatable bonds is 4. The van der Waals surface area contributed by atoms with Crippen LogP contribution in [0.1, 0.15) is 10.4 Å². The number of benzene rings is 3. The van der Waals surface area contributed by atoms with E-state index in [1.165, 1.54) is 12.1 Å². The van der Waals surface area contributed by atoms with Crippen molar-refractivity contribution in [1.29, 1.82) is 0 Å². The van der Waals surface area contributed by atoms with Gasteiger partial charge in [-0.2, -0.15) is 0 Å². The molecule has 0 aromatic heterocycles. The van der Waals surface area contributed by atoms with Gasteiger partial charge in [-0.05, 0) is 23.6 Å². The molecule has 0 bridgehead atoms. The zero-order valence-electron chi connectivity index (χ0n) is 12.0. The zero-order valence-corrected chi connectivity index (χ0v) is 12.9. The highest BCUT2D eigenvalue weighted by atomic mass is 31.2. The Morgan fingerprint density at radius 3 is 2.30 bits per heavy atom. The summed E-state index contributed by atoms with van der Waals surface area (Å²) >= 11 is 0. The minimum absolute atomic E-state index is 0.170. The van der Waals surface area contributed by atoms with Crippen molar-refractivity contribution in [2.75, 3.05) is 0 Å². The maximum atomic E-state index is 12.1. The Kier molecular flexibility index (Phi) is 4.15. The molecule has 0 aliphatic carbocycles. The molecule has 1 N–H and O–H groups in total. The number of phosphoric acid groups is 1. The molecule has 0 radical (unpaired) electrons. The second kappa shape index (κ2) is 6.24. The van der Waals surface area contributed by atoms with E-state index in [4.69, 9.17) is 4.52 Å². The maximum absolute atomic E-state index is 12.1. The van der Waals surface area contributed by atoms with Crippen molar-refractivity contribution in [3.8, 4) is 5.75 Å². The van der Waals surface area contributed by atoms with E-state index in [2.05, 4.69) is 4.52 Å². The average molecular weight is 328 g/mol. The smallest absolute Gasteiger partial charge is 0.394 e. The lowest BCUT2D eigenvalue weighted by atomic mass is 10.1. The van der Waals surface area contributed by atoms with Crippen molar-refractivity contribution in [2.45, 2.75) is 0 Å². The average Bonchev–Trinajstić information content (AvgIpc) is 2.55. The molecule has 6 heteroatoms. The summed E-state index contributed by atoms with van der Waals surface area (Å²) in [7, 11) is -4.59. The van der Waals surface area contributed by atoms with Gasteiger partial charge in [-0.25, -0.2) is 9.36 Å². The second-order valence-corrected chi connectivity index (χ2v) is 6.08. The fourth-order valence-electron chi connectivity index (χ4n) is 2.15. The van der Waals surface area contributed by atoms with Crippen molar-refractivity contribution < 1.29 is 23.3 Å². The van der Waals surface area contributed by atoms with Crippen molar-refractivity contribution in [2.24, 2.45) is 0 Å². The highest BCUT2D eigenvalue weighted by molar-refractivity contribution is 7.48. The largest absolute Gasteiger partial charge is 0.587 e. The van der Waals surface area contributed by atoms with Crippen LogP contribution < -0.4 is 4.52 Å². The Morgan fingerprint density at radius 1 is 0.870 bits per heavy atom. The van der Waals surface area contributed by atoms with Crippen LogP contribution in [0.4, 0.5) is 0 Å². The SMILES string of the molecule is O=C(OP(=O)(O)Oc1cccc2ccccc12)c1ccccc1. The number of carbonyl (C=O) groups excluding carboxylic acids is 1. The molecule has 3 aromatic carbocycles. The van der Waals surface area contributed by atoms with E-state index in [0.717, 1.165) is 5.39 Å². The van der Waals surface area contributed by atoms with Crippen LogP contribution in [0.25, 0.3) is 10.8 Å². The fraction of sp³-hybridized carbons (Fsp3) is 0. The van der Waals surface area contributed by atoms with Crippen LogP contribution in [-0.4, -0.2) is 10.9 Å². The predicted molar refractivity (Wildman–Crippen MR) is 86.3 cm³/mol. The third kappa shape index (κ3) is 3.59. The van der Waals surface area contributed by atoms with Crippen LogP contribution in [0.2, 0.25) is 0 Å². The Hall–Kier alpha value is -2.62. The first-order valence-corrected chi connectivity index (χ1v) is 8.34. The first-order chi connectivity index (χ1) is 11.1. The van der Waals surface area contributed by atoms with Gasteiger partial charge in [0.05, 0.1) is 5.56 Å². The van der Waals surface area contributed by atoms with E-state index in [-0.39, 0.29) is 11.3 Å². The van der Waals surface area contributed by atoms with Gasteiger partial charge in [0, 0.05) is 5.39 Å². The molecule has 5 nitrogen and oxygen atoms in total. The molecule has 116 valence electrons. The molecular formula is C17H13O5P. The molecule has 3 rings (SSSR count). The fourth-order valence-corrected chi connectivity index (χ4v) is 2.91. The van der Waals surface area contributed by atoms with Gasteiger partial charge < -0.3 is 9.05 Å². The Balaban J connectivity index is 1.83. The van der Waals surface area contributed by atoms with Gasteiger partial charge in [-0.1, -0.05) is 54.6 Å². The minimum Gasteiger partial charge on any atom is -0.394 e. The molecule has 0 fully saturated rings. The van der Waals surface area contributed by atoms with Gasteiger partial charge in [0.2, 0.25) is 0 Å². The first kappa shape index (κ1) is 15.3. The summed E-state index contributed by atoms with van der Waals surface area (Å²) in [6.07, 6.45) is 0. The molecule has 0 saturated carbocycles. The predicted octanol–water partition coefficient (Wildman–Crippen LogP) is 4.18. The Morgan fingerprint density at radius 2 is 1.52 bits per heavy atom. The molecule has 3 aromatic rings. The summed E-state index contributed by atoms with van der Waals surface area (Å²) in [4.78, 5) is 21.7. The molecular weight excluding hydrogens is 315 g/mol. The van der Waals surface area contributed by atoms with Crippen LogP contribution in [0.3, 0.4) is 0 Å². The van der Waals surface area contributed by atoms with Crippen LogP contribution in [0.15, 0.2) is 72.8 Å². The number of hydrogen-bond acceptors (Lipinski definition) is 4. The van der Waals surface area contributed by atoms with Crippen molar-refractivity contribution in [3.05, 3.63) is 78.4 Å². The van der Waals surface area contributed by atoms with Crippen LogP contribution in [0.5, 0.6) is 5.75 Å². The topological polar surface area (TPSA) is 72.8 Å². The standard InChI is InChI=1S/C17H13O5P/c18-17(14-8-2-1-3-9-14)22-23(19,20)21-16-12-6-10-13-7-4-5-11-15(13)16/h1-12H,(H,19,20). The van der Waals surface area contributed by atoms with Gasteiger partial charge in [0.25, 0.3) is 0 Å². The lowest BCUT2D eigenvalue weighted by Crippen LogP contribution is -2.06. The zero-order chi connectivity index (χ0) is 16.3. The van der Waals surface area contributed by atoms with Gasteiger partial charge >= 0.3 is 13.8 Å². The van der Waals surface area contributed by atoms with Gasteiger partial charge in [0.15, 0.2) is 0 Å². The van der Waals surface area contributed by atoms with Gasteiger partial charge in [0.1, 0.15) is 5.75 Å². The second-order valence-electron chi connectivity index (χ2n) is 4.78. The number of fused-ring (bicyclic) bond motifs is 1. The molecule has 0 amide bonds. The summed E-state index contributed by atoms with van der Waals surface area (Å²) < 4.78 is 21.8. The molecule has 0 heterocycles. The summed E-state index contributed by atoms with van der Waals surface area (Å²) in [6, 6.07) is 20.3. The van der Waals surface area contributed by atoms with Gasteiger partial charge in [-0.15, -0.1) is 0 Å². The van der Waals surface area contributed by atoms with Crippen LogP contribution in [-0.2, 0) is 9.09 Å². The van der Waals surface area contributed by atoms with Crippen molar-refractivity contribution >= 4 is 24.6 Å². The first-order valence-electron chi connectivity index (χ1n) is 6.84. The molecule has 0 aliphatic rings. The third-order valence-corrected chi connectivity index (χ3v) is 4.00. The molecule has 0 saturated heterocycles. The van der Waals surface area contributed by atoms with Crippen molar-refractivity contribution in [3.63, 3.8) is 0 Å². The summed E-state index contributed by atoms with van der Waals surface area (Å²) in [5.74, 6) is -0.744. The number of phosphoric ester groups is 1. The molecule has 1 unspecified atom stereocenters. The Bertz CT molecular complexity index is 886. The third-order valence-electron chi connectivity index (χ3n) is 3.17. The lowest BCUT2D eigenvalue weighted by Gasteiger charge is -2.14. The van der Waals surface area contributed by atoms with Gasteiger partial charge in [-0.3, -0.25) is 4.89 Å². The van der Waals surface area contributed by atoms with E-state index < -0.39 is 13.8 Å². The normalized spacial score (nSPS) is 13.3. The van der Waals surface area contributed by atoms with Crippen LogP contribution >= 0.6 is 7.82 Å². The van der Waals surface area contributed by atoms with E-state index in [1.54, 1.807) is 42.5 Å². The Labute approximate surface area is 132 Å². The monoisotopic (exact) mass is 328 g/mol. The highest BCUT2D eigenvalue weighted by Crippen LogP contribution is 2.46. The summed E-state index contributed by atoms with van der Waals surface area (Å²) in [5, 5.41) is 1.50. The summed E-state index contributed by atoms with van der Waals surface area (Å²) in [6.45, 7) is 0. The van der Waals surface area contributed by atoms with Crippen molar-refractivity contribution in [1.82, 2.24) is 0 Å².